The standard InChI is InChI=1S/C11H21N.C3H5N/c1-4-6-7-8-11(3)10-12-9-5-2;1-2-3-4/h2,11-12H,4,6-10H2,1,3H3;1H,3-4H2/t11-;/m1./s1. The van der Waals surface area contributed by atoms with Crippen LogP contribution in [-0.2, 0) is 0 Å². The smallest absolute Gasteiger partial charge is 0.0573 e. The highest BCUT2D eigenvalue weighted by Gasteiger charge is 1.99. The van der Waals surface area contributed by atoms with Crippen molar-refractivity contribution < 1.29 is 0 Å². The van der Waals surface area contributed by atoms with Gasteiger partial charge in [0.15, 0.2) is 0 Å². The predicted octanol–water partition coefficient (Wildman–Crippen LogP) is 2.00. The minimum absolute atomic E-state index is 0.347. The van der Waals surface area contributed by atoms with Crippen LogP contribution < -0.4 is 11.1 Å². The molecule has 0 aromatic carbocycles. The normalized spacial score (nSPS) is 10.6. The quantitative estimate of drug-likeness (QED) is 0.511. The SMILES string of the molecule is C#CCN.C#CCNC[C@H](C)CCCCC. The Hall–Kier alpha value is -0.960. The van der Waals surface area contributed by atoms with Gasteiger partial charge in [0.25, 0.3) is 0 Å². The third-order valence-corrected chi connectivity index (χ3v) is 2.14. The first kappa shape index (κ1) is 17.4. The molecular weight excluding hydrogens is 196 g/mol. The molecule has 0 bridgehead atoms. The Morgan fingerprint density at radius 2 is 1.88 bits per heavy atom. The molecule has 3 N–H and O–H groups in total. The molecule has 16 heavy (non-hydrogen) atoms. The first-order valence-electron chi connectivity index (χ1n) is 6.00. The summed E-state index contributed by atoms with van der Waals surface area (Å²) in [6.45, 7) is 6.63. The van der Waals surface area contributed by atoms with Gasteiger partial charge in [0.05, 0.1) is 13.1 Å². The van der Waals surface area contributed by atoms with E-state index < -0.39 is 0 Å². The molecule has 0 spiro atoms. The molecular formula is C14H26N2. The summed E-state index contributed by atoms with van der Waals surface area (Å²) in [5.74, 6) is 5.56. The van der Waals surface area contributed by atoms with E-state index in [-0.39, 0.29) is 0 Å². The van der Waals surface area contributed by atoms with Gasteiger partial charge in [0.1, 0.15) is 0 Å². The summed E-state index contributed by atoms with van der Waals surface area (Å²) in [6, 6.07) is 0. The van der Waals surface area contributed by atoms with Crippen LogP contribution in [0.15, 0.2) is 0 Å². The molecule has 0 aromatic heterocycles. The molecule has 0 unspecified atom stereocenters. The fourth-order valence-electron chi connectivity index (χ4n) is 1.24. The third kappa shape index (κ3) is 18.8. The monoisotopic (exact) mass is 222 g/mol. The minimum Gasteiger partial charge on any atom is -0.320 e. The summed E-state index contributed by atoms with van der Waals surface area (Å²) in [7, 11) is 0. The van der Waals surface area contributed by atoms with Crippen molar-refractivity contribution in [1.29, 1.82) is 0 Å². The van der Waals surface area contributed by atoms with Crippen molar-refractivity contribution in [3.8, 4) is 24.7 Å². The summed E-state index contributed by atoms with van der Waals surface area (Å²) < 4.78 is 0. The van der Waals surface area contributed by atoms with Gasteiger partial charge in [-0.15, -0.1) is 12.8 Å². The summed E-state index contributed by atoms with van der Waals surface area (Å²) in [5.41, 5.74) is 4.79. The number of hydrogen-bond acceptors (Lipinski definition) is 2. The number of rotatable bonds is 7. The van der Waals surface area contributed by atoms with Gasteiger partial charge in [-0.05, 0) is 18.9 Å². The zero-order chi connectivity index (χ0) is 12.6. The maximum absolute atomic E-state index is 5.12. The largest absolute Gasteiger partial charge is 0.320 e. The minimum atomic E-state index is 0.347. The molecule has 0 aliphatic heterocycles. The molecule has 2 heteroatoms. The Balaban J connectivity index is 0. The van der Waals surface area contributed by atoms with Crippen LogP contribution >= 0.6 is 0 Å². The maximum Gasteiger partial charge on any atom is 0.0573 e. The van der Waals surface area contributed by atoms with Crippen molar-refractivity contribution in [2.75, 3.05) is 19.6 Å². The number of nitrogens with two attached hydrogens (primary N) is 1. The van der Waals surface area contributed by atoms with Gasteiger partial charge in [-0.1, -0.05) is 45.0 Å². The lowest BCUT2D eigenvalue weighted by Gasteiger charge is -2.10. The van der Waals surface area contributed by atoms with Gasteiger partial charge < -0.3 is 11.1 Å². The van der Waals surface area contributed by atoms with Crippen LogP contribution in [0.1, 0.15) is 39.5 Å². The average Bonchev–Trinajstić information content (AvgIpc) is 2.30. The maximum atomic E-state index is 5.12. The highest BCUT2D eigenvalue weighted by Crippen LogP contribution is 2.07. The van der Waals surface area contributed by atoms with E-state index in [9.17, 15) is 0 Å². The lowest BCUT2D eigenvalue weighted by Crippen LogP contribution is -2.21. The molecule has 0 saturated heterocycles. The fraction of sp³-hybridized carbons (Fsp3) is 0.714. The molecule has 92 valence electrons. The summed E-state index contributed by atoms with van der Waals surface area (Å²) in [5, 5.41) is 3.23. The van der Waals surface area contributed by atoms with E-state index in [0.717, 1.165) is 12.5 Å². The highest BCUT2D eigenvalue weighted by molar-refractivity contribution is 4.86. The van der Waals surface area contributed by atoms with E-state index in [0.29, 0.717) is 13.1 Å². The molecule has 0 radical (unpaired) electrons. The molecule has 1 atom stereocenters. The van der Waals surface area contributed by atoms with Crippen LogP contribution in [0.3, 0.4) is 0 Å². The topological polar surface area (TPSA) is 38.0 Å². The van der Waals surface area contributed by atoms with Crippen LogP contribution in [0.4, 0.5) is 0 Å². The van der Waals surface area contributed by atoms with Crippen LogP contribution in [0.5, 0.6) is 0 Å². The Bertz CT molecular complexity index is 198. The summed E-state index contributed by atoms with van der Waals surface area (Å²) in [6.07, 6.45) is 15.1. The van der Waals surface area contributed by atoms with Gasteiger partial charge in [-0.25, -0.2) is 0 Å². The predicted molar refractivity (Wildman–Crippen MR) is 72.9 cm³/mol. The van der Waals surface area contributed by atoms with E-state index in [1.807, 2.05) is 0 Å². The van der Waals surface area contributed by atoms with E-state index in [1.54, 1.807) is 0 Å². The van der Waals surface area contributed by atoms with Crippen molar-refractivity contribution in [2.24, 2.45) is 11.7 Å². The van der Waals surface area contributed by atoms with Crippen molar-refractivity contribution in [2.45, 2.75) is 39.5 Å². The number of unbranched alkanes of at least 4 members (excludes halogenated alkanes) is 2. The van der Waals surface area contributed by atoms with Crippen LogP contribution in [0.2, 0.25) is 0 Å². The van der Waals surface area contributed by atoms with Crippen molar-refractivity contribution in [1.82, 2.24) is 5.32 Å². The van der Waals surface area contributed by atoms with Gasteiger partial charge in [-0.3, -0.25) is 0 Å². The van der Waals surface area contributed by atoms with E-state index in [1.165, 1.54) is 25.7 Å². The highest BCUT2D eigenvalue weighted by atomic mass is 14.8. The Morgan fingerprint density at radius 1 is 1.25 bits per heavy atom. The third-order valence-electron chi connectivity index (χ3n) is 2.14. The molecule has 0 aromatic rings. The lowest BCUT2D eigenvalue weighted by atomic mass is 10.0. The molecule has 0 amide bonds. The van der Waals surface area contributed by atoms with Gasteiger partial charge in [0.2, 0.25) is 0 Å². The Morgan fingerprint density at radius 3 is 2.31 bits per heavy atom. The van der Waals surface area contributed by atoms with Crippen LogP contribution in [0.25, 0.3) is 0 Å². The van der Waals surface area contributed by atoms with E-state index in [2.05, 4.69) is 37.4 Å². The lowest BCUT2D eigenvalue weighted by molar-refractivity contribution is 0.469. The Labute approximate surface area is 101 Å². The van der Waals surface area contributed by atoms with Crippen molar-refractivity contribution >= 4 is 0 Å². The van der Waals surface area contributed by atoms with Crippen LogP contribution in [0, 0.1) is 30.6 Å². The first-order valence-corrected chi connectivity index (χ1v) is 6.00. The van der Waals surface area contributed by atoms with Gasteiger partial charge >= 0.3 is 0 Å². The van der Waals surface area contributed by atoms with E-state index >= 15 is 0 Å². The van der Waals surface area contributed by atoms with Gasteiger partial charge in [0, 0.05) is 0 Å². The Kier molecular flexibility index (Phi) is 17.9. The van der Waals surface area contributed by atoms with Gasteiger partial charge in [-0.2, -0.15) is 0 Å². The zero-order valence-electron chi connectivity index (χ0n) is 10.8. The zero-order valence-corrected chi connectivity index (χ0v) is 10.8. The molecule has 0 saturated carbocycles. The molecule has 0 heterocycles. The average molecular weight is 222 g/mol. The summed E-state index contributed by atoms with van der Waals surface area (Å²) >= 11 is 0. The number of terminal acetylenes is 2. The molecule has 0 aliphatic rings. The molecule has 0 fully saturated rings. The molecule has 0 rings (SSSR count). The second-order valence-corrected chi connectivity index (χ2v) is 3.84. The molecule has 2 nitrogen and oxygen atoms in total. The number of nitrogens with one attached hydrogen (secondary N) is 1. The van der Waals surface area contributed by atoms with Crippen LogP contribution in [-0.4, -0.2) is 19.6 Å². The molecule has 0 aliphatic carbocycles. The first-order chi connectivity index (χ1) is 7.72. The van der Waals surface area contributed by atoms with Crippen molar-refractivity contribution in [3.63, 3.8) is 0 Å². The van der Waals surface area contributed by atoms with E-state index in [4.69, 9.17) is 12.2 Å². The summed E-state index contributed by atoms with van der Waals surface area (Å²) in [4.78, 5) is 0. The second kappa shape index (κ2) is 16.5. The van der Waals surface area contributed by atoms with Crippen molar-refractivity contribution in [3.05, 3.63) is 0 Å². The fourth-order valence-corrected chi connectivity index (χ4v) is 1.24. The second-order valence-electron chi connectivity index (χ2n) is 3.84. The number of hydrogen-bond donors (Lipinski definition) is 2.